The number of ketones is 1. The van der Waals surface area contributed by atoms with Gasteiger partial charge in [-0.1, -0.05) is 37.3 Å². The minimum atomic E-state index is 0.162. The molecule has 3 heteroatoms. The van der Waals surface area contributed by atoms with Crippen molar-refractivity contribution in [2.75, 3.05) is 5.73 Å². The number of benzene rings is 1. The second kappa shape index (κ2) is 5.77. The molecule has 3 atom stereocenters. The molecule has 1 aromatic carbocycles. The first-order chi connectivity index (χ1) is 9.65. The maximum absolute atomic E-state index is 12.7. The van der Waals surface area contributed by atoms with Gasteiger partial charge in [0.2, 0.25) is 0 Å². The fourth-order valence-electron chi connectivity index (χ4n) is 4.06. The van der Waals surface area contributed by atoms with E-state index in [0.29, 0.717) is 16.3 Å². The monoisotopic (exact) mass is 291 g/mol. The predicted molar refractivity (Wildman–Crippen MR) is 83.0 cm³/mol. The summed E-state index contributed by atoms with van der Waals surface area (Å²) in [6, 6.07) is 5.24. The molecular weight excluding hydrogens is 270 g/mol. The lowest BCUT2D eigenvalue weighted by Crippen LogP contribution is -2.31. The highest BCUT2D eigenvalue weighted by Gasteiger charge is 2.35. The molecule has 2 saturated carbocycles. The van der Waals surface area contributed by atoms with Crippen LogP contribution in [-0.4, -0.2) is 5.78 Å². The highest BCUT2D eigenvalue weighted by Crippen LogP contribution is 2.43. The smallest absolute Gasteiger partial charge is 0.167 e. The molecule has 0 radical (unpaired) electrons. The van der Waals surface area contributed by atoms with E-state index in [1.165, 1.54) is 32.1 Å². The van der Waals surface area contributed by atoms with E-state index in [1.807, 2.05) is 0 Å². The lowest BCUT2D eigenvalue weighted by molar-refractivity contribution is 0.0763. The van der Waals surface area contributed by atoms with E-state index in [-0.39, 0.29) is 11.7 Å². The zero-order valence-corrected chi connectivity index (χ0v) is 12.5. The highest BCUT2D eigenvalue weighted by molar-refractivity contribution is 6.34. The maximum atomic E-state index is 12.7. The third-order valence-electron chi connectivity index (χ3n) is 5.17. The Kier molecular flexibility index (Phi) is 4.02. The zero-order chi connectivity index (χ0) is 14.1. The van der Waals surface area contributed by atoms with Crippen molar-refractivity contribution in [3.63, 3.8) is 0 Å². The summed E-state index contributed by atoms with van der Waals surface area (Å²) in [5.41, 5.74) is 6.96. The Morgan fingerprint density at radius 2 is 1.85 bits per heavy atom. The summed E-state index contributed by atoms with van der Waals surface area (Å²) in [6.07, 6.45) is 8.70. The summed E-state index contributed by atoms with van der Waals surface area (Å²) in [5.74, 6) is 2.02. The van der Waals surface area contributed by atoms with Gasteiger partial charge < -0.3 is 5.73 Å². The van der Waals surface area contributed by atoms with Crippen LogP contribution in [0.5, 0.6) is 0 Å². The molecule has 0 bridgehead atoms. The Hall–Kier alpha value is -1.02. The number of hydrogen-bond donors (Lipinski definition) is 1. The van der Waals surface area contributed by atoms with Gasteiger partial charge in [-0.05, 0) is 49.3 Å². The minimum absolute atomic E-state index is 0.162. The minimum Gasteiger partial charge on any atom is -0.399 e. The van der Waals surface area contributed by atoms with E-state index in [2.05, 4.69) is 0 Å². The highest BCUT2D eigenvalue weighted by atomic mass is 35.5. The lowest BCUT2D eigenvalue weighted by atomic mass is 9.66. The van der Waals surface area contributed by atoms with Crippen molar-refractivity contribution in [1.82, 2.24) is 0 Å². The first-order valence-electron chi connectivity index (χ1n) is 7.74. The fourth-order valence-corrected chi connectivity index (χ4v) is 4.34. The summed E-state index contributed by atoms with van der Waals surface area (Å²) < 4.78 is 0. The summed E-state index contributed by atoms with van der Waals surface area (Å²) >= 11 is 6.18. The number of Topliss-reactive ketones (excluding diaryl/α,β-unsaturated/α-hetero) is 1. The van der Waals surface area contributed by atoms with Crippen LogP contribution in [0.2, 0.25) is 5.02 Å². The number of nitrogens with two attached hydrogens (primary N) is 1. The van der Waals surface area contributed by atoms with Crippen LogP contribution < -0.4 is 5.73 Å². The number of carbonyl (C=O) groups excluding carboxylic acids is 1. The van der Waals surface area contributed by atoms with Crippen LogP contribution in [0.15, 0.2) is 18.2 Å². The number of fused-ring (bicyclic) bond motifs is 1. The second-order valence-electron chi connectivity index (χ2n) is 6.42. The van der Waals surface area contributed by atoms with Gasteiger partial charge in [0.1, 0.15) is 0 Å². The van der Waals surface area contributed by atoms with Crippen molar-refractivity contribution in [2.24, 2.45) is 17.8 Å². The molecule has 20 heavy (non-hydrogen) atoms. The first kappa shape index (κ1) is 13.9. The number of halogens is 1. The first-order valence-corrected chi connectivity index (χ1v) is 8.12. The lowest BCUT2D eigenvalue weighted by Gasteiger charge is -2.38. The van der Waals surface area contributed by atoms with Gasteiger partial charge >= 0.3 is 0 Å². The SMILES string of the molecule is Nc1ccc(C(=O)C2CCC3CCCCC3C2)c(Cl)c1. The molecule has 3 unspecified atom stereocenters. The van der Waals surface area contributed by atoms with Gasteiger partial charge in [0.15, 0.2) is 5.78 Å². The van der Waals surface area contributed by atoms with E-state index in [1.54, 1.807) is 18.2 Å². The Labute approximate surface area is 125 Å². The molecule has 2 aliphatic rings. The van der Waals surface area contributed by atoms with Crippen LogP contribution >= 0.6 is 11.6 Å². The molecule has 108 valence electrons. The molecule has 0 aromatic heterocycles. The molecule has 1 aromatic rings. The van der Waals surface area contributed by atoms with E-state index in [4.69, 9.17) is 17.3 Å². The second-order valence-corrected chi connectivity index (χ2v) is 6.83. The summed E-state index contributed by atoms with van der Waals surface area (Å²) in [6.45, 7) is 0. The molecule has 3 rings (SSSR count). The Balaban J connectivity index is 1.74. The Bertz CT molecular complexity index is 514. The maximum Gasteiger partial charge on any atom is 0.167 e. The van der Waals surface area contributed by atoms with Gasteiger partial charge in [-0.3, -0.25) is 4.79 Å². The van der Waals surface area contributed by atoms with Crippen molar-refractivity contribution >= 4 is 23.1 Å². The van der Waals surface area contributed by atoms with E-state index >= 15 is 0 Å². The van der Waals surface area contributed by atoms with Crippen molar-refractivity contribution in [3.05, 3.63) is 28.8 Å². The summed E-state index contributed by atoms with van der Waals surface area (Å²) in [4.78, 5) is 12.7. The van der Waals surface area contributed by atoms with E-state index in [0.717, 1.165) is 24.7 Å². The van der Waals surface area contributed by atoms with Crippen LogP contribution in [0.1, 0.15) is 55.3 Å². The molecular formula is C17H22ClNO. The third-order valence-corrected chi connectivity index (χ3v) is 5.48. The quantitative estimate of drug-likeness (QED) is 0.633. The van der Waals surface area contributed by atoms with Crippen molar-refractivity contribution in [3.8, 4) is 0 Å². The van der Waals surface area contributed by atoms with Crippen molar-refractivity contribution in [2.45, 2.75) is 44.9 Å². The molecule has 0 amide bonds. The van der Waals surface area contributed by atoms with Gasteiger partial charge in [-0.15, -0.1) is 0 Å². The number of carbonyl (C=O) groups is 1. The Morgan fingerprint density at radius 1 is 1.10 bits per heavy atom. The normalized spacial score (nSPS) is 29.8. The van der Waals surface area contributed by atoms with Gasteiger partial charge in [0, 0.05) is 17.2 Å². The average molecular weight is 292 g/mol. The largest absolute Gasteiger partial charge is 0.399 e. The van der Waals surface area contributed by atoms with Crippen molar-refractivity contribution in [1.29, 1.82) is 0 Å². The number of nitrogen functional groups attached to an aromatic ring is 1. The topological polar surface area (TPSA) is 43.1 Å². The van der Waals surface area contributed by atoms with Gasteiger partial charge in [0.25, 0.3) is 0 Å². The number of rotatable bonds is 2. The molecule has 0 spiro atoms. The Morgan fingerprint density at radius 3 is 2.60 bits per heavy atom. The summed E-state index contributed by atoms with van der Waals surface area (Å²) in [5, 5.41) is 0.501. The molecule has 0 heterocycles. The van der Waals surface area contributed by atoms with Crippen LogP contribution in [-0.2, 0) is 0 Å². The number of hydrogen-bond acceptors (Lipinski definition) is 2. The van der Waals surface area contributed by atoms with Crippen molar-refractivity contribution < 1.29 is 4.79 Å². The number of anilines is 1. The molecule has 2 aliphatic carbocycles. The van der Waals surface area contributed by atoms with E-state index in [9.17, 15) is 4.79 Å². The third kappa shape index (κ3) is 2.71. The standard InChI is InChI=1S/C17H22ClNO/c18-16-10-14(19)7-8-15(16)17(20)13-6-5-11-3-1-2-4-12(11)9-13/h7-8,10-13H,1-6,9,19H2. The molecule has 2 fully saturated rings. The summed E-state index contributed by atoms with van der Waals surface area (Å²) in [7, 11) is 0. The molecule has 0 saturated heterocycles. The van der Waals surface area contributed by atoms with Gasteiger partial charge in [-0.25, -0.2) is 0 Å². The molecule has 0 aliphatic heterocycles. The van der Waals surface area contributed by atoms with Gasteiger partial charge in [-0.2, -0.15) is 0 Å². The fraction of sp³-hybridized carbons (Fsp3) is 0.588. The van der Waals surface area contributed by atoms with Crippen LogP contribution in [0, 0.1) is 17.8 Å². The average Bonchev–Trinajstić information content (AvgIpc) is 2.46. The van der Waals surface area contributed by atoms with E-state index < -0.39 is 0 Å². The van der Waals surface area contributed by atoms with Crippen LogP contribution in [0.3, 0.4) is 0 Å². The zero-order valence-electron chi connectivity index (χ0n) is 11.8. The van der Waals surface area contributed by atoms with Crippen LogP contribution in [0.4, 0.5) is 5.69 Å². The predicted octanol–water partition coefficient (Wildman–Crippen LogP) is 4.71. The molecule has 2 N–H and O–H groups in total. The molecule has 2 nitrogen and oxygen atoms in total. The van der Waals surface area contributed by atoms with Crippen LogP contribution in [0.25, 0.3) is 0 Å². The van der Waals surface area contributed by atoms with Gasteiger partial charge in [0.05, 0.1) is 5.02 Å².